The molecule has 6 heteroatoms. The fourth-order valence-electron chi connectivity index (χ4n) is 1.64. The molecule has 0 aliphatic heterocycles. The highest BCUT2D eigenvalue weighted by atomic mass is 35.5. The highest BCUT2D eigenvalue weighted by Crippen LogP contribution is 2.30. The van der Waals surface area contributed by atoms with E-state index in [-0.39, 0.29) is 5.91 Å². The fraction of sp³-hybridized carbons (Fsp3) is 0.143. The molecule has 0 bridgehead atoms. The van der Waals surface area contributed by atoms with E-state index in [9.17, 15) is 4.79 Å². The molecule has 2 aromatic rings. The largest absolute Gasteiger partial charge is 0.370 e. The molecule has 1 heterocycles. The van der Waals surface area contributed by atoms with Gasteiger partial charge in [0.2, 0.25) is 0 Å². The van der Waals surface area contributed by atoms with Crippen molar-refractivity contribution in [1.82, 2.24) is 4.98 Å². The van der Waals surface area contributed by atoms with Gasteiger partial charge in [0.05, 0.1) is 15.7 Å². The van der Waals surface area contributed by atoms with Crippen molar-refractivity contribution < 1.29 is 4.79 Å². The number of pyridine rings is 1. The molecule has 2 N–H and O–H groups in total. The van der Waals surface area contributed by atoms with Crippen LogP contribution in [0.4, 0.5) is 11.5 Å². The van der Waals surface area contributed by atoms with E-state index in [1.165, 1.54) is 0 Å². The predicted octanol–water partition coefficient (Wildman–Crippen LogP) is 4.07. The number of halogens is 2. The van der Waals surface area contributed by atoms with Crippen LogP contribution in [0.25, 0.3) is 0 Å². The van der Waals surface area contributed by atoms with Gasteiger partial charge >= 0.3 is 0 Å². The van der Waals surface area contributed by atoms with Gasteiger partial charge in [-0.05, 0) is 31.2 Å². The molecular weight excluding hydrogens is 297 g/mol. The Morgan fingerprint density at radius 1 is 1.15 bits per heavy atom. The van der Waals surface area contributed by atoms with Crippen LogP contribution in [0, 0.1) is 0 Å². The lowest BCUT2D eigenvalue weighted by Crippen LogP contribution is -2.15. The van der Waals surface area contributed by atoms with E-state index in [1.807, 2.05) is 6.92 Å². The van der Waals surface area contributed by atoms with Gasteiger partial charge in [-0.2, -0.15) is 0 Å². The minimum absolute atomic E-state index is 0.291. The molecule has 0 atom stereocenters. The van der Waals surface area contributed by atoms with Crippen molar-refractivity contribution in [3.8, 4) is 0 Å². The highest BCUT2D eigenvalue weighted by Gasteiger charge is 2.12. The SMILES string of the molecule is CCNc1cccc(C(=O)Nc2c(Cl)cccc2Cl)n1. The Balaban J connectivity index is 2.22. The zero-order valence-corrected chi connectivity index (χ0v) is 12.3. The lowest BCUT2D eigenvalue weighted by atomic mass is 10.3. The lowest BCUT2D eigenvalue weighted by molar-refractivity contribution is 0.102. The third-order valence-corrected chi connectivity index (χ3v) is 3.17. The molecule has 2 rings (SSSR count). The van der Waals surface area contributed by atoms with Crippen LogP contribution in [0.2, 0.25) is 10.0 Å². The summed E-state index contributed by atoms with van der Waals surface area (Å²) in [7, 11) is 0. The molecule has 0 saturated carbocycles. The Morgan fingerprint density at radius 3 is 2.45 bits per heavy atom. The number of hydrogen-bond donors (Lipinski definition) is 2. The summed E-state index contributed by atoms with van der Waals surface area (Å²) in [5.74, 6) is 0.283. The highest BCUT2D eigenvalue weighted by molar-refractivity contribution is 6.39. The van der Waals surface area contributed by atoms with Crippen LogP contribution in [0.3, 0.4) is 0 Å². The number of anilines is 2. The van der Waals surface area contributed by atoms with Crippen LogP contribution in [0.1, 0.15) is 17.4 Å². The summed E-state index contributed by atoms with van der Waals surface area (Å²) < 4.78 is 0. The Labute approximate surface area is 127 Å². The maximum atomic E-state index is 12.2. The van der Waals surface area contributed by atoms with E-state index in [0.29, 0.717) is 27.2 Å². The molecule has 0 saturated heterocycles. The van der Waals surface area contributed by atoms with Gasteiger partial charge in [-0.15, -0.1) is 0 Å². The van der Waals surface area contributed by atoms with Crippen LogP contribution < -0.4 is 10.6 Å². The first-order valence-electron chi connectivity index (χ1n) is 6.08. The Morgan fingerprint density at radius 2 is 1.80 bits per heavy atom. The number of benzene rings is 1. The van der Waals surface area contributed by atoms with E-state index in [0.717, 1.165) is 6.54 Å². The second kappa shape index (κ2) is 6.59. The maximum Gasteiger partial charge on any atom is 0.274 e. The van der Waals surface area contributed by atoms with Gasteiger partial charge in [0.15, 0.2) is 0 Å². The summed E-state index contributed by atoms with van der Waals surface area (Å²) in [5.41, 5.74) is 0.677. The molecule has 20 heavy (non-hydrogen) atoms. The van der Waals surface area contributed by atoms with Gasteiger partial charge in [-0.25, -0.2) is 4.98 Å². The number of carbonyl (C=O) groups is 1. The smallest absolute Gasteiger partial charge is 0.274 e. The standard InChI is InChI=1S/C14H13Cl2N3O/c1-2-17-12-8-4-7-11(18-12)14(20)19-13-9(15)5-3-6-10(13)16/h3-8H,2H2,1H3,(H,17,18)(H,19,20). The van der Waals surface area contributed by atoms with Crippen molar-refractivity contribution in [2.24, 2.45) is 0 Å². The van der Waals surface area contributed by atoms with Crippen LogP contribution in [0.5, 0.6) is 0 Å². The number of para-hydroxylation sites is 1. The zero-order chi connectivity index (χ0) is 14.5. The lowest BCUT2D eigenvalue weighted by Gasteiger charge is -2.09. The number of aromatic nitrogens is 1. The van der Waals surface area contributed by atoms with Gasteiger partial charge in [0, 0.05) is 6.54 Å². The number of nitrogens with zero attached hydrogens (tertiary/aromatic N) is 1. The van der Waals surface area contributed by atoms with Gasteiger partial charge in [-0.3, -0.25) is 4.79 Å². The molecule has 1 aromatic carbocycles. The third-order valence-electron chi connectivity index (χ3n) is 2.54. The molecule has 0 unspecified atom stereocenters. The first-order valence-corrected chi connectivity index (χ1v) is 6.83. The molecule has 104 valence electrons. The van der Waals surface area contributed by atoms with Crippen molar-refractivity contribution >= 4 is 40.6 Å². The minimum Gasteiger partial charge on any atom is -0.370 e. The van der Waals surface area contributed by atoms with Gasteiger partial charge < -0.3 is 10.6 Å². The number of rotatable bonds is 4. The van der Waals surface area contributed by atoms with Crippen molar-refractivity contribution in [2.75, 3.05) is 17.2 Å². The Bertz CT molecular complexity index is 611. The fourth-order valence-corrected chi connectivity index (χ4v) is 2.13. The van der Waals surface area contributed by atoms with Crippen molar-refractivity contribution in [1.29, 1.82) is 0 Å². The second-order valence-electron chi connectivity index (χ2n) is 3.99. The van der Waals surface area contributed by atoms with E-state index in [1.54, 1.807) is 36.4 Å². The van der Waals surface area contributed by atoms with E-state index < -0.39 is 0 Å². The molecule has 0 radical (unpaired) electrons. The first-order chi connectivity index (χ1) is 9.61. The molecule has 0 spiro atoms. The van der Waals surface area contributed by atoms with Crippen LogP contribution in [-0.2, 0) is 0 Å². The van der Waals surface area contributed by atoms with E-state index in [2.05, 4.69) is 15.6 Å². The Kier molecular flexibility index (Phi) is 4.82. The average molecular weight is 310 g/mol. The average Bonchev–Trinajstić information content (AvgIpc) is 2.43. The van der Waals surface area contributed by atoms with Crippen molar-refractivity contribution in [3.05, 3.63) is 52.1 Å². The quantitative estimate of drug-likeness (QED) is 0.895. The second-order valence-corrected chi connectivity index (χ2v) is 4.80. The number of amides is 1. The summed E-state index contributed by atoms with van der Waals surface area (Å²) in [6.45, 7) is 2.69. The molecular formula is C14H13Cl2N3O. The number of nitrogens with one attached hydrogen (secondary N) is 2. The van der Waals surface area contributed by atoms with Crippen molar-refractivity contribution in [3.63, 3.8) is 0 Å². The third kappa shape index (κ3) is 3.40. The number of hydrogen-bond acceptors (Lipinski definition) is 3. The summed E-state index contributed by atoms with van der Waals surface area (Å²) >= 11 is 12.0. The summed E-state index contributed by atoms with van der Waals surface area (Å²) in [6, 6.07) is 10.2. The van der Waals surface area contributed by atoms with E-state index >= 15 is 0 Å². The van der Waals surface area contributed by atoms with Crippen LogP contribution in [-0.4, -0.2) is 17.4 Å². The molecule has 1 amide bonds. The maximum absolute atomic E-state index is 12.2. The summed E-state index contributed by atoms with van der Waals surface area (Å²) in [6.07, 6.45) is 0. The minimum atomic E-state index is -0.361. The van der Waals surface area contributed by atoms with E-state index in [4.69, 9.17) is 23.2 Å². The van der Waals surface area contributed by atoms with Gasteiger partial charge in [0.25, 0.3) is 5.91 Å². The molecule has 1 aromatic heterocycles. The summed E-state index contributed by atoms with van der Waals surface area (Å²) in [4.78, 5) is 16.4. The predicted molar refractivity (Wildman–Crippen MR) is 82.8 cm³/mol. The monoisotopic (exact) mass is 309 g/mol. The molecule has 0 aliphatic carbocycles. The van der Waals surface area contributed by atoms with Crippen LogP contribution in [0.15, 0.2) is 36.4 Å². The zero-order valence-electron chi connectivity index (χ0n) is 10.8. The number of carbonyl (C=O) groups excluding carboxylic acids is 1. The normalized spacial score (nSPS) is 10.2. The van der Waals surface area contributed by atoms with Gasteiger partial charge in [0.1, 0.15) is 11.5 Å². The topological polar surface area (TPSA) is 54.0 Å². The molecule has 0 fully saturated rings. The van der Waals surface area contributed by atoms with Crippen molar-refractivity contribution in [2.45, 2.75) is 6.92 Å². The van der Waals surface area contributed by atoms with Gasteiger partial charge in [-0.1, -0.05) is 35.3 Å². The first kappa shape index (κ1) is 14.6. The Hall–Kier alpha value is -1.78. The van der Waals surface area contributed by atoms with Crippen LogP contribution >= 0.6 is 23.2 Å². The summed E-state index contributed by atoms with van der Waals surface area (Å²) in [5, 5.41) is 6.48. The molecule has 4 nitrogen and oxygen atoms in total. The molecule has 0 aliphatic rings.